The highest BCUT2D eigenvalue weighted by Crippen LogP contribution is 2.15. The Balaban J connectivity index is 2.56. The standard InChI is InChI=1S/C16H28N2/c1-4-5-11-18(12-10-17)13-15-6-8-16(9-7-15)14(2)3/h6-9,14H,4-5,10-13,17H2,1-3H3. The fourth-order valence-electron chi connectivity index (χ4n) is 2.10. The second-order valence-corrected chi connectivity index (χ2v) is 5.31. The highest BCUT2D eigenvalue weighted by molar-refractivity contribution is 5.24. The van der Waals surface area contributed by atoms with Gasteiger partial charge in [-0.2, -0.15) is 0 Å². The van der Waals surface area contributed by atoms with Crippen LogP contribution in [0.15, 0.2) is 24.3 Å². The van der Waals surface area contributed by atoms with Gasteiger partial charge in [0.25, 0.3) is 0 Å². The first kappa shape index (κ1) is 15.2. The van der Waals surface area contributed by atoms with E-state index in [1.54, 1.807) is 0 Å². The molecule has 2 nitrogen and oxygen atoms in total. The lowest BCUT2D eigenvalue weighted by molar-refractivity contribution is 0.268. The SMILES string of the molecule is CCCCN(CCN)Cc1ccc(C(C)C)cc1. The molecule has 1 aromatic carbocycles. The summed E-state index contributed by atoms with van der Waals surface area (Å²) in [6.07, 6.45) is 2.50. The van der Waals surface area contributed by atoms with Crippen molar-refractivity contribution < 1.29 is 0 Å². The average Bonchev–Trinajstić information content (AvgIpc) is 2.37. The van der Waals surface area contributed by atoms with Crippen LogP contribution in [0.3, 0.4) is 0 Å². The van der Waals surface area contributed by atoms with Gasteiger partial charge in [-0.3, -0.25) is 4.90 Å². The molecule has 0 saturated heterocycles. The lowest BCUT2D eigenvalue weighted by Crippen LogP contribution is -2.30. The fourth-order valence-corrected chi connectivity index (χ4v) is 2.10. The zero-order valence-electron chi connectivity index (χ0n) is 12.2. The number of hydrogen-bond acceptors (Lipinski definition) is 2. The highest BCUT2D eigenvalue weighted by Gasteiger charge is 2.05. The monoisotopic (exact) mass is 248 g/mol. The van der Waals surface area contributed by atoms with Gasteiger partial charge in [0.1, 0.15) is 0 Å². The van der Waals surface area contributed by atoms with Crippen molar-refractivity contribution in [2.45, 2.75) is 46.1 Å². The van der Waals surface area contributed by atoms with Crippen molar-refractivity contribution in [3.05, 3.63) is 35.4 Å². The minimum absolute atomic E-state index is 0.610. The quantitative estimate of drug-likeness (QED) is 0.764. The fraction of sp³-hybridized carbons (Fsp3) is 0.625. The van der Waals surface area contributed by atoms with Gasteiger partial charge in [0.05, 0.1) is 0 Å². The van der Waals surface area contributed by atoms with Gasteiger partial charge in [0.15, 0.2) is 0 Å². The summed E-state index contributed by atoms with van der Waals surface area (Å²) in [5, 5.41) is 0. The largest absolute Gasteiger partial charge is 0.329 e. The lowest BCUT2D eigenvalue weighted by atomic mass is 10.0. The summed E-state index contributed by atoms with van der Waals surface area (Å²) in [5.41, 5.74) is 8.48. The van der Waals surface area contributed by atoms with Crippen molar-refractivity contribution in [2.24, 2.45) is 5.73 Å². The van der Waals surface area contributed by atoms with Gasteiger partial charge < -0.3 is 5.73 Å². The molecule has 1 aromatic rings. The van der Waals surface area contributed by atoms with Crippen molar-refractivity contribution in [3.63, 3.8) is 0 Å². The lowest BCUT2D eigenvalue weighted by Gasteiger charge is -2.21. The molecule has 0 bridgehead atoms. The van der Waals surface area contributed by atoms with Crippen LogP contribution in [0.25, 0.3) is 0 Å². The van der Waals surface area contributed by atoms with Crippen LogP contribution in [0.2, 0.25) is 0 Å². The average molecular weight is 248 g/mol. The van der Waals surface area contributed by atoms with E-state index >= 15 is 0 Å². The molecular weight excluding hydrogens is 220 g/mol. The van der Waals surface area contributed by atoms with Crippen LogP contribution in [0, 0.1) is 0 Å². The van der Waals surface area contributed by atoms with Gasteiger partial charge in [0, 0.05) is 19.6 Å². The summed E-state index contributed by atoms with van der Waals surface area (Å²) in [6, 6.07) is 9.01. The van der Waals surface area contributed by atoms with Gasteiger partial charge in [0.2, 0.25) is 0 Å². The van der Waals surface area contributed by atoms with Crippen molar-refractivity contribution in [1.29, 1.82) is 0 Å². The molecule has 0 aliphatic heterocycles. The predicted molar refractivity (Wildman–Crippen MR) is 79.8 cm³/mol. The molecule has 102 valence electrons. The molecule has 1 rings (SSSR count). The first-order valence-electron chi connectivity index (χ1n) is 7.18. The molecule has 0 spiro atoms. The summed E-state index contributed by atoms with van der Waals surface area (Å²) in [6.45, 7) is 10.6. The van der Waals surface area contributed by atoms with Crippen molar-refractivity contribution >= 4 is 0 Å². The molecule has 2 N–H and O–H groups in total. The van der Waals surface area contributed by atoms with E-state index in [-0.39, 0.29) is 0 Å². The Morgan fingerprint density at radius 1 is 1.11 bits per heavy atom. The molecule has 0 amide bonds. The van der Waals surface area contributed by atoms with Gasteiger partial charge in [-0.15, -0.1) is 0 Å². The first-order chi connectivity index (χ1) is 8.67. The number of rotatable bonds is 8. The molecule has 0 heterocycles. The van der Waals surface area contributed by atoms with Gasteiger partial charge >= 0.3 is 0 Å². The van der Waals surface area contributed by atoms with E-state index < -0.39 is 0 Å². The van der Waals surface area contributed by atoms with E-state index in [0.29, 0.717) is 5.92 Å². The number of benzene rings is 1. The Morgan fingerprint density at radius 2 is 1.78 bits per heavy atom. The summed E-state index contributed by atoms with van der Waals surface area (Å²) in [7, 11) is 0. The van der Waals surface area contributed by atoms with Crippen molar-refractivity contribution in [2.75, 3.05) is 19.6 Å². The third-order valence-corrected chi connectivity index (χ3v) is 3.33. The maximum Gasteiger partial charge on any atom is 0.0234 e. The van der Waals surface area contributed by atoms with E-state index in [0.717, 1.165) is 26.2 Å². The molecule has 0 unspecified atom stereocenters. The molecule has 2 heteroatoms. The van der Waals surface area contributed by atoms with E-state index in [1.807, 2.05) is 0 Å². The number of nitrogens with zero attached hydrogens (tertiary/aromatic N) is 1. The molecule has 0 radical (unpaired) electrons. The van der Waals surface area contributed by atoms with Crippen LogP contribution >= 0.6 is 0 Å². The number of unbranched alkanes of at least 4 members (excludes halogenated alkanes) is 1. The zero-order valence-corrected chi connectivity index (χ0v) is 12.2. The van der Waals surface area contributed by atoms with E-state index in [4.69, 9.17) is 5.73 Å². The van der Waals surface area contributed by atoms with E-state index in [1.165, 1.54) is 24.0 Å². The number of nitrogens with two attached hydrogens (primary N) is 1. The summed E-state index contributed by atoms with van der Waals surface area (Å²) < 4.78 is 0. The molecule has 0 aliphatic carbocycles. The van der Waals surface area contributed by atoms with Gasteiger partial charge in [-0.25, -0.2) is 0 Å². The molecule has 18 heavy (non-hydrogen) atoms. The summed E-state index contributed by atoms with van der Waals surface area (Å²) in [5.74, 6) is 0.610. The Labute approximate surface area is 112 Å². The third-order valence-electron chi connectivity index (χ3n) is 3.33. The molecular formula is C16H28N2. The Bertz CT molecular complexity index is 316. The summed E-state index contributed by atoms with van der Waals surface area (Å²) >= 11 is 0. The Morgan fingerprint density at radius 3 is 2.28 bits per heavy atom. The molecule has 0 saturated carbocycles. The van der Waals surface area contributed by atoms with Crippen molar-refractivity contribution in [1.82, 2.24) is 4.90 Å². The maximum absolute atomic E-state index is 5.68. The highest BCUT2D eigenvalue weighted by atomic mass is 15.1. The second kappa shape index (κ2) is 8.28. The van der Waals surface area contributed by atoms with E-state index in [9.17, 15) is 0 Å². The van der Waals surface area contributed by atoms with Crippen molar-refractivity contribution in [3.8, 4) is 0 Å². The van der Waals surface area contributed by atoms with Gasteiger partial charge in [-0.05, 0) is 30.0 Å². The van der Waals surface area contributed by atoms with Crippen LogP contribution in [0.1, 0.15) is 50.7 Å². The maximum atomic E-state index is 5.68. The zero-order chi connectivity index (χ0) is 13.4. The summed E-state index contributed by atoms with van der Waals surface area (Å²) in [4.78, 5) is 2.45. The minimum atomic E-state index is 0.610. The normalized spacial score (nSPS) is 11.4. The number of hydrogen-bond donors (Lipinski definition) is 1. The molecule has 0 aliphatic rings. The minimum Gasteiger partial charge on any atom is -0.329 e. The Kier molecular flexibility index (Phi) is 6.99. The van der Waals surface area contributed by atoms with Crippen LogP contribution in [-0.4, -0.2) is 24.5 Å². The smallest absolute Gasteiger partial charge is 0.0234 e. The Hall–Kier alpha value is -0.860. The topological polar surface area (TPSA) is 29.3 Å². The van der Waals surface area contributed by atoms with Crippen LogP contribution < -0.4 is 5.73 Å². The molecule has 0 atom stereocenters. The first-order valence-corrected chi connectivity index (χ1v) is 7.18. The van der Waals surface area contributed by atoms with Crippen LogP contribution in [0.4, 0.5) is 0 Å². The van der Waals surface area contributed by atoms with E-state index in [2.05, 4.69) is 49.9 Å². The molecule has 0 aromatic heterocycles. The second-order valence-electron chi connectivity index (χ2n) is 5.31. The third kappa shape index (κ3) is 5.19. The van der Waals surface area contributed by atoms with Crippen LogP contribution in [0.5, 0.6) is 0 Å². The van der Waals surface area contributed by atoms with Crippen LogP contribution in [-0.2, 0) is 6.54 Å². The van der Waals surface area contributed by atoms with Gasteiger partial charge in [-0.1, -0.05) is 51.5 Å². The predicted octanol–water partition coefficient (Wildman–Crippen LogP) is 3.37. The molecule has 0 fully saturated rings.